The maximum Gasteiger partial charge on any atom is 0.161 e. The molecule has 22 heavy (non-hydrogen) atoms. The van der Waals surface area contributed by atoms with Crippen LogP contribution in [0.5, 0.6) is 11.5 Å². The number of nitrogens with zero attached hydrogens (tertiary/aromatic N) is 1. The number of rotatable bonds is 7. The van der Waals surface area contributed by atoms with Gasteiger partial charge in [-0.05, 0) is 36.8 Å². The summed E-state index contributed by atoms with van der Waals surface area (Å²) in [5, 5.41) is 12.7. The number of hydrogen-bond acceptors (Lipinski definition) is 5. The Balaban J connectivity index is 2.16. The van der Waals surface area contributed by atoms with Crippen molar-refractivity contribution in [3.63, 3.8) is 0 Å². The average molecular weight is 323 g/mol. The summed E-state index contributed by atoms with van der Waals surface area (Å²) in [6.45, 7) is 2.20. The molecule has 0 saturated carbocycles. The van der Waals surface area contributed by atoms with Crippen molar-refractivity contribution in [3.05, 3.63) is 47.1 Å². The van der Waals surface area contributed by atoms with Crippen LogP contribution in [0.4, 0.5) is 5.82 Å². The van der Waals surface area contributed by atoms with Crippen molar-refractivity contribution in [1.29, 1.82) is 0 Å². The van der Waals surface area contributed by atoms with E-state index in [-0.39, 0.29) is 19.3 Å². The van der Waals surface area contributed by atoms with E-state index in [1.54, 1.807) is 25.4 Å². The molecule has 2 aromatic rings. The summed E-state index contributed by atoms with van der Waals surface area (Å²) in [5.74, 6) is 1.85. The lowest BCUT2D eigenvalue weighted by molar-refractivity contribution is 0.196. The zero-order valence-corrected chi connectivity index (χ0v) is 13.3. The fourth-order valence-corrected chi connectivity index (χ4v) is 2.18. The molecule has 0 saturated heterocycles. The summed E-state index contributed by atoms with van der Waals surface area (Å²) in [7, 11) is 1.58. The first-order valence-corrected chi connectivity index (χ1v) is 7.32. The fourth-order valence-electron chi connectivity index (χ4n) is 2.01. The molecule has 0 bridgehead atoms. The standard InChI is InChI=1S/C16H19ClN2O3/c1-11(19-16-13(17)4-3-7-18-16)12-5-6-14(22-9-8-20)15(10-12)21-2/h3-7,10-11,20H,8-9H2,1-2H3,(H,18,19). The Kier molecular flexibility index (Phi) is 5.86. The van der Waals surface area contributed by atoms with E-state index in [4.69, 9.17) is 26.2 Å². The molecule has 0 spiro atoms. The van der Waals surface area contributed by atoms with Crippen molar-refractivity contribution in [3.8, 4) is 11.5 Å². The number of ether oxygens (including phenoxy) is 2. The fraction of sp³-hybridized carbons (Fsp3) is 0.312. The van der Waals surface area contributed by atoms with Crippen LogP contribution in [0.1, 0.15) is 18.5 Å². The molecular formula is C16H19ClN2O3. The van der Waals surface area contributed by atoms with Gasteiger partial charge in [-0.2, -0.15) is 0 Å². The highest BCUT2D eigenvalue weighted by atomic mass is 35.5. The number of halogens is 1. The number of anilines is 1. The highest BCUT2D eigenvalue weighted by molar-refractivity contribution is 6.32. The SMILES string of the molecule is COc1cc(C(C)Nc2ncccc2Cl)ccc1OCCO. The van der Waals surface area contributed by atoms with Crippen LogP contribution in [0.3, 0.4) is 0 Å². The topological polar surface area (TPSA) is 63.6 Å². The molecule has 118 valence electrons. The minimum atomic E-state index is -0.0406. The molecule has 1 atom stereocenters. The molecule has 0 aliphatic rings. The van der Waals surface area contributed by atoms with Crippen LogP contribution in [-0.2, 0) is 0 Å². The first-order chi connectivity index (χ1) is 10.7. The molecule has 5 nitrogen and oxygen atoms in total. The summed E-state index contributed by atoms with van der Waals surface area (Å²) in [5.41, 5.74) is 1.01. The Hall–Kier alpha value is -1.98. The van der Waals surface area contributed by atoms with Crippen molar-refractivity contribution in [2.45, 2.75) is 13.0 Å². The number of pyridine rings is 1. The Morgan fingerprint density at radius 3 is 2.82 bits per heavy atom. The summed E-state index contributed by atoms with van der Waals surface area (Å²) in [6, 6.07) is 9.21. The number of hydrogen-bond donors (Lipinski definition) is 2. The second-order valence-electron chi connectivity index (χ2n) is 4.68. The molecule has 0 aliphatic heterocycles. The molecule has 1 aromatic carbocycles. The second-order valence-corrected chi connectivity index (χ2v) is 5.09. The second kappa shape index (κ2) is 7.87. The van der Waals surface area contributed by atoms with Gasteiger partial charge in [-0.3, -0.25) is 0 Å². The highest BCUT2D eigenvalue weighted by Crippen LogP contribution is 2.32. The van der Waals surface area contributed by atoms with Crippen molar-refractivity contribution >= 4 is 17.4 Å². The molecule has 0 amide bonds. The highest BCUT2D eigenvalue weighted by Gasteiger charge is 2.12. The smallest absolute Gasteiger partial charge is 0.161 e. The number of aliphatic hydroxyl groups excluding tert-OH is 1. The van der Waals surface area contributed by atoms with Crippen molar-refractivity contribution in [2.24, 2.45) is 0 Å². The lowest BCUT2D eigenvalue weighted by Gasteiger charge is -2.18. The van der Waals surface area contributed by atoms with Crippen molar-refractivity contribution in [1.82, 2.24) is 4.98 Å². The van der Waals surface area contributed by atoms with Gasteiger partial charge in [-0.1, -0.05) is 17.7 Å². The number of aromatic nitrogens is 1. The van der Waals surface area contributed by atoms with Gasteiger partial charge >= 0.3 is 0 Å². The monoisotopic (exact) mass is 322 g/mol. The largest absolute Gasteiger partial charge is 0.493 e. The minimum absolute atomic E-state index is 0.00630. The molecule has 1 heterocycles. The zero-order valence-electron chi connectivity index (χ0n) is 12.5. The van der Waals surface area contributed by atoms with Crippen LogP contribution >= 0.6 is 11.6 Å². The Labute approximate surface area is 134 Å². The van der Waals surface area contributed by atoms with Crippen LogP contribution in [0.15, 0.2) is 36.5 Å². The van der Waals surface area contributed by atoms with Gasteiger partial charge in [0.05, 0.1) is 24.8 Å². The van der Waals surface area contributed by atoms with Gasteiger partial charge in [0.1, 0.15) is 12.4 Å². The molecule has 2 N–H and O–H groups in total. The Bertz CT molecular complexity index is 622. The number of nitrogens with one attached hydrogen (secondary N) is 1. The lowest BCUT2D eigenvalue weighted by Crippen LogP contribution is -2.09. The van der Waals surface area contributed by atoms with E-state index in [0.717, 1.165) is 5.56 Å². The van der Waals surface area contributed by atoms with Gasteiger partial charge in [-0.25, -0.2) is 4.98 Å². The number of methoxy groups -OCH3 is 1. The van der Waals surface area contributed by atoms with Gasteiger partial charge < -0.3 is 19.9 Å². The molecular weight excluding hydrogens is 304 g/mol. The molecule has 0 fully saturated rings. The number of benzene rings is 1. The van der Waals surface area contributed by atoms with Crippen LogP contribution in [0, 0.1) is 0 Å². The first kappa shape index (κ1) is 16.4. The molecule has 0 radical (unpaired) electrons. The maximum atomic E-state index is 8.83. The summed E-state index contributed by atoms with van der Waals surface area (Å²) >= 11 is 6.10. The van der Waals surface area contributed by atoms with E-state index in [0.29, 0.717) is 22.3 Å². The van der Waals surface area contributed by atoms with Crippen LogP contribution in [0.2, 0.25) is 5.02 Å². The minimum Gasteiger partial charge on any atom is -0.493 e. The first-order valence-electron chi connectivity index (χ1n) is 6.94. The maximum absolute atomic E-state index is 8.83. The third-order valence-corrected chi connectivity index (χ3v) is 3.45. The van der Waals surface area contributed by atoms with Crippen molar-refractivity contribution < 1.29 is 14.6 Å². The summed E-state index contributed by atoms with van der Waals surface area (Å²) in [6.07, 6.45) is 1.69. The van der Waals surface area contributed by atoms with Gasteiger partial charge in [0.25, 0.3) is 0 Å². The van der Waals surface area contributed by atoms with E-state index >= 15 is 0 Å². The predicted molar refractivity (Wildman–Crippen MR) is 86.9 cm³/mol. The summed E-state index contributed by atoms with van der Waals surface area (Å²) in [4.78, 5) is 4.22. The van der Waals surface area contributed by atoms with Crippen LogP contribution in [0.25, 0.3) is 0 Å². The van der Waals surface area contributed by atoms with Crippen molar-refractivity contribution in [2.75, 3.05) is 25.6 Å². The van der Waals surface area contributed by atoms with Gasteiger partial charge in [-0.15, -0.1) is 0 Å². The quantitative estimate of drug-likeness (QED) is 0.819. The molecule has 1 aromatic heterocycles. The van der Waals surface area contributed by atoms with Gasteiger partial charge in [0, 0.05) is 6.20 Å². The van der Waals surface area contributed by atoms with Gasteiger partial charge in [0.15, 0.2) is 11.5 Å². The predicted octanol–water partition coefficient (Wildman–Crippen LogP) is 3.29. The van der Waals surface area contributed by atoms with Crippen LogP contribution < -0.4 is 14.8 Å². The molecule has 1 unspecified atom stereocenters. The van der Waals surface area contributed by atoms with E-state index in [9.17, 15) is 0 Å². The zero-order chi connectivity index (χ0) is 15.9. The third kappa shape index (κ3) is 4.02. The normalized spacial score (nSPS) is 11.8. The average Bonchev–Trinajstić information content (AvgIpc) is 2.54. The Morgan fingerprint density at radius 1 is 1.32 bits per heavy atom. The van der Waals surface area contributed by atoms with Crippen LogP contribution in [-0.4, -0.2) is 30.4 Å². The number of aliphatic hydroxyl groups is 1. The Morgan fingerprint density at radius 2 is 2.14 bits per heavy atom. The molecule has 2 rings (SSSR count). The third-order valence-electron chi connectivity index (χ3n) is 3.15. The summed E-state index contributed by atoms with van der Waals surface area (Å²) < 4.78 is 10.8. The van der Waals surface area contributed by atoms with E-state index < -0.39 is 0 Å². The van der Waals surface area contributed by atoms with Gasteiger partial charge in [0.2, 0.25) is 0 Å². The lowest BCUT2D eigenvalue weighted by atomic mass is 10.1. The van der Waals surface area contributed by atoms with E-state index in [1.165, 1.54) is 0 Å². The van der Waals surface area contributed by atoms with E-state index in [1.807, 2.05) is 25.1 Å². The van der Waals surface area contributed by atoms with E-state index in [2.05, 4.69) is 10.3 Å². The molecule has 0 aliphatic carbocycles. The molecule has 6 heteroatoms.